The highest BCUT2D eigenvalue weighted by molar-refractivity contribution is 7.98. The summed E-state index contributed by atoms with van der Waals surface area (Å²) in [5.41, 5.74) is 1.65. The van der Waals surface area contributed by atoms with Crippen LogP contribution in [0.15, 0.2) is 41.6 Å². The number of morpholine rings is 1. The van der Waals surface area contributed by atoms with E-state index in [1.54, 1.807) is 6.07 Å². The maximum absolute atomic E-state index is 14.0. The predicted octanol–water partition coefficient (Wildman–Crippen LogP) is 3.96. The van der Waals surface area contributed by atoms with Gasteiger partial charge in [0.1, 0.15) is 19.0 Å². The fourth-order valence-corrected chi connectivity index (χ4v) is 4.73. The Morgan fingerprint density at radius 1 is 1.03 bits per heavy atom. The first kappa shape index (κ1) is 20.4. The number of rotatable bonds is 5. The SMILES string of the molecule is Fc1cccc(-n2c(SCc3cc(Cl)c4c(c3)OCCO4)nnc2N2CCOCC2)c1. The average Bonchev–Trinajstić information content (AvgIpc) is 3.22. The van der Waals surface area contributed by atoms with E-state index in [1.165, 1.54) is 23.9 Å². The van der Waals surface area contributed by atoms with E-state index in [1.807, 2.05) is 22.8 Å². The molecule has 7 nitrogen and oxygen atoms in total. The molecule has 2 aromatic carbocycles. The molecule has 1 saturated heterocycles. The van der Waals surface area contributed by atoms with Crippen molar-refractivity contribution in [2.75, 3.05) is 44.4 Å². The van der Waals surface area contributed by atoms with Crippen molar-refractivity contribution in [3.63, 3.8) is 0 Å². The van der Waals surface area contributed by atoms with Crippen LogP contribution >= 0.6 is 23.4 Å². The molecule has 1 aromatic heterocycles. The quantitative estimate of drug-likeness (QED) is 0.532. The van der Waals surface area contributed by atoms with Gasteiger partial charge in [0, 0.05) is 18.8 Å². The van der Waals surface area contributed by atoms with Crippen molar-refractivity contribution in [1.29, 1.82) is 0 Å². The molecule has 3 aromatic rings. The van der Waals surface area contributed by atoms with Gasteiger partial charge in [0.25, 0.3) is 0 Å². The second kappa shape index (κ2) is 8.94. The van der Waals surface area contributed by atoms with Crippen molar-refractivity contribution < 1.29 is 18.6 Å². The van der Waals surface area contributed by atoms with Crippen molar-refractivity contribution in [3.05, 3.63) is 52.8 Å². The lowest BCUT2D eigenvalue weighted by Crippen LogP contribution is -2.37. The largest absolute Gasteiger partial charge is 0.486 e. The van der Waals surface area contributed by atoms with E-state index in [0.29, 0.717) is 78.6 Å². The van der Waals surface area contributed by atoms with Gasteiger partial charge in [0.15, 0.2) is 16.7 Å². The molecule has 3 heterocycles. The van der Waals surface area contributed by atoms with Gasteiger partial charge in [0.05, 0.1) is 23.9 Å². The first-order valence-electron chi connectivity index (χ1n) is 9.94. The molecule has 0 atom stereocenters. The molecule has 0 radical (unpaired) electrons. The van der Waals surface area contributed by atoms with Crippen LogP contribution in [-0.2, 0) is 10.5 Å². The zero-order valence-corrected chi connectivity index (χ0v) is 18.2. The van der Waals surface area contributed by atoms with Gasteiger partial charge >= 0.3 is 0 Å². The van der Waals surface area contributed by atoms with Gasteiger partial charge in [-0.15, -0.1) is 10.2 Å². The monoisotopic (exact) mass is 462 g/mol. The van der Waals surface area contributed by atoms with Crippen molar-refractivity contribution in [1.82, 2.24) is 14.8 Å². The van der Waals surface area contributed by atoms with Gasteiger partial charge < -0.3 is 19.1 Å². The number of hydrogen-bond donors (Lipinski definition) is 0. The minimum Gasteiger partial charge on any atom is -0.486 e. The molecule has 2 aliphatic heterocycles. The topological polar surface area (TPSA) is 61.6 Å². The molecule has 2 aliphatic rings. The van der Waals surface area contributed by atoms with E-state index in [2.05, 4.69) is 15.1 Å². The highest BCUT2D eigenvalue weighted by Gasteiger charge is 2.23. The van der Waals surface area contributed by atoms with Crippen LogP contribution in [0.5, 0.6) is 11.5 Å². The third-order valence-electron chi connectivity index (χ3n) is 5.00. The summed E-state index contributed by atoms with van der Waals surface area (Å²) in [5, 5.41) is 10.0. The number of thioether (sulfide) groups is 1. The second-order valence-electron chi connectivity index (χ2n) is 7.09. The Balaban J connectivity index is 1.45. The summed E-state index contributed by atoms with van der Waals surface area (Å²) < 4.78 is 32.6. The van der Waals surface area contributed by atoms with Crippen LogP contribution in [0.2, 0.25) is 5.02 Å². The van der Waals surface area contributed by atoms with E-state index in [-0.39, 0.29) is 5.82 Å². The van der Waals surface area contributed by atoms with E-state index in [9.17, 15) is 4.39 Å². The minimum absolute atomic E-state index is 0.311. The lowest BCUT2D eigenvalue weighted by atomic mass is 10.2. The lowest BCUT2D eigenvalue weighted by molar-refractivity contribution is 0.122. The molecule has 0 aliphatic carbocycles. The van der Waals surface area contributed by atoms with Gasteiger partial charge in [-0.3, -0.25) is 4.57 Å². The van der Waals surface area contributed by atoms with E-state index < -0.39 is 0 Å². The summed E-state index contributed by atoms with van der Waals surface area (Å²) in [6.07, 6.45) is 0. The third-order valence-corrected chi connectivity index (χ3v) is 6.28. The van der Waals surface area contributed by atoms with Crippen molar-refractivity contribution in [2.24, 2.45) is 0 Å². The first-order valence-corrected chi connectivity index (χ1v) is 11.3. The molecule has 31 heavy (non-hydrogen) atoms. The Kier molecular flexibility index (Phi) is 5.89. The standard InChI is InChI=1S/C21H20ClFN4O3S/c22-17-10-14(11-18-19(17)30-9-8-29-18)13-31-21-25-24-20(26-4-6-28-7-5-26)27(21)16-3-1-2-15(23)12-16/h1-3,10-12H,4-9,13H2. The molecule has 5 rings (SSSR count). The highest BCUT2D eigenvalue weighted by Crippen LogP contribution is 2.40. The van der Waals surface area contributed by atoms with Crippen LogP contribution in [0.25, 0.3) is 5.69 Å². The summed E-state index contributed by atoms with van der Waals surface area (Å²) in [4.78, 5) is 2.10. The normalized spacial score (nSPS) is 15.9. The van der Waals surface area contributed by atoms with E-state index in [4.69, 9.17) is 25.8 Å². The van der Waals surface area contributed by atoms with Gasteiger partial charge in [-0.05, 0) is 35.9 Å². The summed E-state index contributed by atoms with van der Waals surface area (Å²) in [5.74, 6) is 2.19. The average molecular weight is 463 g/mol. The number of aromatic nitrogens is 3. The molecule has 0 amide bonds. The number of anilines is 1. The van der Waals surface area contributed by atoms with E-state index in [0.717, 1.165) is 5.56 Å². The number of fused-ring (bicyclic) bond motifs is 1. The Morgan fingerprint density at radius 3 is 2.71 bits per heavy atom. The fraction of sp³-hybridized carbons (Fsp3) is 0.333. The second-order valence-corrected chi connectivity index (χ2v) is 8.44. The van der Waals surface area contributed by atoms with Crippen LogP contribution in [0.4, 0.5) is 10.3 Å². The smallest absolute Gasteiger partial charge is 0.232 e. The lowest BCUT2D eigenvalue weighted by Gasteiger charge is -2.28. The Labute approximate surface area is 188 Å². The molecule has 0 unspecified atom stereocenters. The van der Waals surface area contributed by atoms with Crippen LogP contribution in [0.1, 0.15) is 5.56 Å². The Hall–Kier alpha value is -2.49. The molecule has 1 fully saturated rings. The summed E-state index contributed by atoms with van der Waals surface area (Å²) in [6.45, 7) is 3.63. The minimum atomic E-state index is -0.311. The molecule has 162 valence electrons. The molecular weight excluding hydrogens is 443 g/mol. The predicted molar refractivity (Wildman–Crippen MR) is 116 cm³/mol. The van der Waals surface area contributed by atoms with Crippen molar-refractivity contribution >= 4 is 29.3 Å². The number of nitrogens with zero attached hydrogens (tertiary/aromatic N) is 4. The van der Waals surface area contributed by atoms with Crippen LogP contribution in [0, 0.1) is 5.82 Å². The molecule has 10 heteroatoms. The van der Waals surface area contributed by atoms with E-state index >= 15 is 0 Å². The van der Waals surface area contributed by atoms with Gasteiger partial charge in [0.2, 0.25) is 5.95 Å². The zero-order valence-electron chi connectivity index (χ0n) is 16.6. The summed E-state index contributed by atoms with van der Waals surface area (Å²) in [7, 11) is 0. The van der Waals surface area contributed by atoms with Crippen molar-refractivity contribution in [3.8, 4) is 17.2 Å². The molecular formula is C21H20ClFN4O3S. The van der Waals surface area contributed by atoms with Crippen molar-refractivity contribution in [2.45, 2.75) is 10.9 Å². The van der Waals surface area contributed by atoms with Crippen LogP contribution in [0.3, 0.4) is 0 Å². The molecule has 0 bridgehead atoms. The number of benzene rings is 2. The Morgan fingerprint density at radius 2 is 1.87 bits per heavy atom. The maximum atomic E-state index is 14.0. The maximum Gasteiger partial charge on any atom is 0.232 e. The summed E-state index contributed by atoms with van der Waals surface area (Å²) in [6, 6.07) is 10.2. The zero-order chi connectivity index (χ0) is 21.2. The molecule has 0 saturated carbocycles. The number of ether oxygens (including phenoxy) is 3. The molecule has 0 spiro atoms. The fourth-order valence-electron chi connectivity index (χ4n) is 3.56. The van der Waals surface area contributed by atoms with Gasteiger partial charge in [-0.2, -0.15) is 0 Å². The summed E-state index contributed by atoms with van der Waals surface area (Å²) >= 11 is 7.87. The van der Waals surface area contributed by atoms with Gasteiger partial charge in [-0.1, -0.05) is 29.4 Å². The molecule has 0 N–H and O–H groups in total. The van der Waals surface area contributed by atoms with Crippen LogP contribution < -0.4 is 14.4 Å². The number of halogens is 2. The van der Waals surface area contributed by atoms with Gasteiger partial charge in [-0.25, -0.2) is 4.39 Å². The first-order chi connectivity index (χ1) is 15.2. The highest BCUT2D eigenvalue weighted by atomic mass is 35.5. The Bertz CT molecular complexity index is 1090. The number of hydrogen-bond acceptors (Lipinski definition) is 7. The van der Waals surface area contributed by atoms with Crippen LogP contribution in [-0.4, -0.2) is 54.3 Å². The third kappa shape index (κ3) is 4.30.